The van der Waals surface area contributed by atoms with E-state index < -0.39 is 11.2 Å². The van der Waals surface area contributed by atoms with Crippen LogP contribution in [0.15, 0.2) is 65.7 Å². The summed E-state index contributed by atoms with van der Waals surface area (Å²) in [6.45, 7) is 1.97. The number of aromatic nitrogens is 3. The summed E-state index contributed by atoms with van der Waals surface area (Å²) in [6, 6.07) is 18.5. The number of benzene rings is 2. The first-order chi connectivity index (χ1) is 13.7. The Kier molecular flexibility index (Phi) is 5.12. The first-order valence-corrected chi connectivity index (χ1v) is 9.77. The van der Waals surface area contributed by atoms with Crippen molar-refractivity contribution in [3.63, 3.8) is 0 Å². The second-order valence-electron chi connectivity index (χ2n) is 6.16. The quantitative estimate of drug-likeness (QED) is 0.526. The summed E-state index contributed by atoms with van der Waals surface area (Å²) in [4.78, 5) is 27.0. The van der Waals surface area contributed by atoms with Crippen LogP contribution in [0.4, 0.5) is 0 Å². The number of ether oxygens (including phenoxy) is 1. The minimum absolute atomic E-state index is 0.0331. The first-order valence-electron chi connectivity index (χ1n) is 8.89. The van der Waals surface area contributed by atoms with Gasteiger partial charge in [0.2, 0.25) is 5.69 Å². The van der Waals surface area contributed by atoms with Crippen LogP contribution in [0.2, 0.25) is 0 Å². The number of fused-ring (bicyclic) bond motifs is 1. The highest BCUT2D eigenvalue weighted by Gasteiger charge is 2.39. The van der Waals surface area contributed by atoms with E-state index in [4.69, 9.17) is 4.74 Å². The van der Waals surface area contributed by atoms with Gasteiger partial charge in [0.15, 0.2) is 10.8 Å². The van der Waals surface area contributed by atoms with Crippen molar-refractivity contribution < 1.29 is 14.3 Å². The van der Waals surface area contributed by atoms with Crippen LogP contribution in [-0.4, -0.2) is 38.7 Å². The predicted octanol–water partition coefficient (Wildman–Crippen LogP) is 3.10. The standard InChI is InChI=1S/C20H18N4O3S/c1-2-27-20(26)16-19-24(23-21-16)22-15(13-9-5-3-6-10-13)18(28-19)17(25)14-11-7-4-8-12-14/h3-12,15,18,22H,2H2,1H3/t15-,18-/m0/s1. The van der Waals surface area contributed by atoms with Crippen molar-refractivity contribution in [3.8, 4) is 0 Å². The Balaban J connectivity index is 1.74. The molecular weight excluding hydrogens is 376 g/mol. The van der Waals surface area contributed by atoms with Crippen LogP contribution < -0.4 is 5.43 Å². The molecule has 0 spiro atoms. The third-order valence-electron chi connectivity index (χ3n) is 4.38. The zero-order chi connectivity index (χ0) is 19.5. The molecule has 4 rings (SSSR count). The molecule has 1 aliphatic rings. The zero-order valence-corrected chi connectivity index (χ0v) is 15.9. The summed E-state index contributed by atoms with van der Waals surface area (Å²) in [7, 11) is 0. The average molecular weight is 394 g/mol. The molecule has 0 radical (unpaired) electrons. The molecule has 142 valence electrons. The predicted molar refractivity (Wildman–Crippen MR) is 105 cm³/mol. The van der Waals surface area contributed by atoms with Crippen LogP contribution in [0, 0.1) is 0 Å². The van der Waals surface area contributed by atoms with Gasteiger partial charge in [-0.15, -0.1) is 5.10 Å². The van der Waals surface area contributed by atoms with Crippen molar-refractivity contribution >= 4 is 23.5 Å². The number of hydrogen-bond acceptors (Lipinski definition) is 7. The molecule has 28 heavy (non-hydrogen) atoms. The molecule has 2 aromatic carbocycles. The Morgan fingerprint density at radius 1 is 1.11 bits per heavy atom. The summed E-state index contributed by atoms with van der Waals surface area (Å²) in [5, 5.41) is 7.96. The lowest BCUT2D eigenvalue weighted by Crippen LogP contribution is -2.39. The zero-order valence-electron chi connectivity index (χ0n) is 15.1. The lowest BCUT2D eigenvalue weighted by atomic mass is 9.97. The molecule has 3 aromatic rings. The van der Waals surface area contributed by atoms with Crippen LogP contribution in [0.5, 0.6) is 0 Å². The molecule has 7 nitrogen and oxygen atoms in total. The maximum Gasteiger partial charge on any atom is 0.361 e. The van der Waals surface area contributed by atoms with Gasteiger partial charge in [-0.05, 0) is 17.7 Å². The monoisotopic (exact) mass is 394 g/mol. The molecule has 0 aliphatic carbocycles. The molecule has 0 saturated heterocycles. The van der Waals surface area contributed by atoms with E-state index in [-0.39, 0.29) is 24.1 Å². The van der Waals surface area contributed by atoms with Gasteiger partial charge in [0.1, 0.15) is 5.25 Å². The number of carbonyl (C=O) groups is 2. The van der Waals surface area contributed by atoms with Crippen LogP contribution in [-0.2, 0) is 4.74 Å². The third-order valence-corrected chi connectivity index (χ3v) is 5.71. The number of carbonyl (C=O) groups excluding carboxylic acids is 2. The second kappa shape index (κ2) is 7.85. The van der Waals surface area contributed by atoms with Crippen molar-refractivity contribution in [2.24, 2.45) is 0 Å². The molecule has 0 bridgehead atoms. The van der Waals surface area contributed by atoms with Gasteiger partial charge in [0, 0.05) is 5.56 Å². The number of nitrogens with one attached hydrogen (secondary N) is 1. The summed E-state index contributed by atoms with van der Waals surface area (Å²) in [6.07, 6.45) is 0. The van der Waals surface area contributed by atoms with E-state index in [1.54, 1.807) is 19.1 Å². The van der Waals surface area contributed by atoms with Crippen molar-refractivity contribution in [1.82, 2.24) is 15.1 Å². The van der Waals surface area contributed by atoms with Crippen molar-refractivity contribution in [2.45, 2.75) is 23.2 Å². The van der Waals surface area contributed by atoms with Gasteiger partial charge in [-0.25, -0.2) is 4.79 Å². The molecule has 1 aromatic heterocycles. The van der Waals surface area contributed by atoms with Crippen molar-refractivity contribution in [2.75, 3.05) is 12.0 Å². The number of ketones is 1. The summed E-state index contributed by atoms with van der Waals surface area (Å²) in [5.74, 6) is -0.587. The summed E-state index contributed by atoms with van der Waals surface area (Å²) in [5.41, 5.74) is 4.89. The number of esters is 1. The molecule has 2 atom stereocenters. The summed E-state index contributed by atoms with van der Waals surface area (Å²) >= 11 is 1.28. The molecule has 1 N–H and O–H groups in total. The van der Waals surface area contributed by atoms with E-state index >= 15 is 0 Å². The highest BCUT2D eigenvalue weighted by atomic mass is 32.2. The van der Waals surface area contributed by atoms with Gasteiger partial charge in [-0.2, -0.15) is 4.79 Å². The Labute approximate surface area is 166 Å². The van der Waals surface area contributed by atoms with Crippen molar-refractivity contribution in [1.29, 1.82) is 0 Å². The maximum atomic E-state index is 13.3. The number of rotatable bonds is 5. The van der Waals surface area contributed by atoms with Crippen LogP contribution in [0.25, 0.3) is 0 Å². The molecule has 1 aliphatic heterocycles. The lowest BCUT2D eigenvalue weighted by Gasteiger charge is -2.32. The first kappa shape index (κ1) is 18.2. The molecular formula is C20H18N4O3S. The SMILES string of the molecule is CCOC(=O)c1nnn2c1S[C@H](C(=O)c1ccccc1)[C@H](c1ccccc1)N2. The van der Waals surface area contributed by atoms with Crippen molar-refractivity contribution in [3.05, 3.63) is 77.5 Å². The molecule has 0 amide bonds. The van der Waals surface area contributed by atoms with Crippen LogP contribution in [0.1, 0.15) is 39.4 Å². The topological polar surface area (TPSA) is 86.1 Å². The summed E-state index contributed by atoms with van der Waals surface area (Å²) < 4.78 is 5.06. The average Bonchev–Trinajstić information content (AvgIpc) is 3.17. The fraction of sp³-hybridized carbons (Fsp3) is 0.200. The molecule has 0 saturated carbocycles. The van der Waals surface area contributed by atoms with E-state index in [1.165, 1.54) is 16.6 Å². The van der Waals surface area contributed by atoms with Gasteiger partial charge in [-0.3, -0.25) is 10.2 Å². The number of Topliss-reactive ketones (excluding diaryl/α,β-unsaturated/α-hetero) is 1. The van der Waals surface area contributed by atoms with E-state index in [9.17, 15) is 9.59 Å². The molecule has 2 heterocycles. The van der Waals surface area contributed by atoms with Gasteiger partial charge >= 0.3 is 5.97 Å². The van der Waals surface area contributed by atoms with E-state index in [0.717, 1.165) is 5.56 Å². The fourth-order valence-electron chi connectivity index (χ4n) is 3.06. The van der Waals surface area contributed by atoms with Gasteiger partial charge < -0.3 is 4.74 Å². The third kappa shape index (κ3) is 3.38. The molecule has 0 fully saturated rings. The Morgan fingerprint density at radius 2 is 1.79 bits per heavy atom. The minimum Gasteiger partial charge on any atom is -0.461 e. The highest BCUT2D eigenvalue weighted by molar-refractivity contribution is 8.00. The Morgan fingerprint density at radius 3 is 2.46 bits per heavy atom. The van der Waals surface area contributed by atoms with E-state index in [0.29, 0.717) is 10.6 Å². The lowest BCUT2D eigenvalue weighted by molar-refractivity contribution is 0.0514. The normalized spacial score (nSPS) is 18.0. The fourth-order valence-corrected chi connectivity index (χ4v) is 4.32. The Bertz CT molecular complexity index is 991. The van der Waals surface area contributed by atoms with Gasteiger partial charge in [0.05, 0.1) is 12.6 Å². The maximum absolute atomic E-state index is 13.3. The largest absolute Gasteiger partial charge is 0.461 e. The molecule has 8 heteroatoms. The number of thioether (sulfide) groups is 1. The smallest absolute Gasteiger partial charge is 0.361 e. The van der Waals surface area contributed by atoms with Crippen LogP contribution in [0.3, 0.4) is 0 Å². The Hall–Kier alpha value is -3.13. The van der Waals surface area contributed by atoms with E-state index in [1.807, 2.05) is 48.5 Å². The van der Waals surface area contributed by atoms with Gasteiger partial charge in [0.25, 0.3) is 0 Å². The highest BCUT2D eigenvalue weighted by Crippen LogP contribution is 2.40. The second-order valence-corrected chi connectivity index (χ2v) is 7.29. The number of nitrogens with zero attached hydrogens (tertiary/aromatic N) is 3. The van der Waals surface area contributed by atoms with E-state index in [2.05, 4.69) is 15.7 Å². The number of hydrogen-bond donors (Lipinski definition) is 1. The minimum atomic E-state index is -0.554. The van der Waals surface area contributed by atoms with Gasteiger partial charge in [-0.1, -0.05) is 72.4 Å². The molecule has 0 unspecified atom stereocenters. The van der Waals surface area contributed by atoms with Crippen LogP contribution >= 0.6 is 11.8 Å².